The summed E-state index contributed by atoms with van der Waals surface area (Å²) in [5, 5.41) is 1.46. The molecule has 8 heteroatoms. The number of carbonyl (C=O) groups is 1. The predicted molar refractivity (Wildman–Crippen MR) is 120 cm³/mol. The van der Waals surface area contributed by atoms with Crippen LogP contribution in [0.3, 0.4) is 0 Å². The monoisotopic (exact) mass is 451 g/mol. The molecule has 0 spiro atoms. The normalized spacial score (nSPS) is 21.4. The smallest absolute Gasteiger partial charge is 0.410 e. The first kappa shape index (κ1) is 20.9. The van der Waals surface area contributed by atoms with Crippen molar-refractivity contribution in [1.29, 1.82) is 0 Å². The molecule has 2 aliphatic rings. The Labute approximate surface area is 187 Å². The molecule has 166 valence electrons. The first-order valence-corrected chi connectivity index (χ1v) is 12.3. The maximum absolute atomic E-state index is 13.7. The van der Waals surface area contributed by atoms with E-state index in [-0.39, 0.29) is 24.8 Å². The molecule has 0 bridgehead atoms. The molecular weight excluding hydrogens is 426 g/mol. The van der Waals surface area contributed by atoms with Gasteiger partial charge in [0.1, 0.15) is 6.61 Å². The van der Waals surface area contributed by atoms with E-state index in [9.17, 15) is 13.2 Å². The predicted octanol–water partition coefficient (Wildman–Crippen LogP) is 3.80. The first-order chi connectivity index (χ1) is 15.6. The summed E-state index contributed by atoms with van der Waals surface area (Å²) in [6.45, 7) is 1.18. The van der Waals surface area contributed by atoms with E-state index >= 15 is 0 Å². The highest BCUT2D eigenvalue weighted by atomic mass is 32.2. The summed E-state index contributed by atoms with van der Waals surface area (Å²) in [5.41, 5.74) is 0.926. The highest BCUT2D eigenvalue weighted by Crippen LogP contribution is 2.36. The van der Waals surface area contributed by atoms with E-state index in [0.29, 0.717) is 29.8 Å². The van der Waals surface area contributed by atoms with Crippen LogP contribution in [0, 0.1) is 0 Å². The number of fused-ring (bicyclic) bond motifs is 2. The number of benzene rings is 2. The number of rotatable bonds is 4. The summed E-state index contributed by atoms with van der Waals surface area (Å²) in [4.78, 5) is 19.0. The lowest BCUT2D eigenvalue weighted by Gasteiger charge is -2.38. The minimum atomic E-state index is -3.71. The highest BCUT2D eigenvalue weighted by Gasteiger charge is 2.47. The van der Waals surface area contributed by atoms with Crippen molar-refractivity contribution in [3.8, 4) is 0 Å². The number of nitrogens with zero attached hydrogens (tertiary/aromatic N) is 3. The molecule has 0 radical (unpaired) electrons. The molecule has 0 aliphatic carbocycles. The number of amides is 1. The van der Waals surface area contributed by atoms with E-state index in [1.807, 2.05) is 36.4 Å². The van der Waals surface area contributed by atoms with Crippen LogP contribution in [-0.2, 0) is 21.4 Å². The second-order valence-corrected chi connectivity index (χ2v) is 10.1. The van der Waals surface area contributed by atoms with Gasteiger partial charge in [-0.05, 0) is 37.0 Å². The Balaban J connectivity index is 1.36. The van der Waals surface area contributed by atoms with Gasteiger partial charge in [0, 0.05) is 42.3 Å². The van der Waals surface area contributed by atoms with Crippen molar-refractivity contribution in [1.82, 2.24) is 14.2 Å². The molecule has 2 aromatic carbocycles. The van der Waals surface area contributed by atoms with E-state index in [0.717, 1.165) is 23.8 Å². The van der Waals surface area contributed by atoms with Crippen LogP contribution in [0.2, 0.25) is 0 Å². The second kappa shape index (κ2) is 8.52. The Morgan fingerprint density at radius 3 is 2.69 bits per heavy atom. The Bertz CT molecular complexity index is 1230. The Hall–Kier alpha value is -2.97. The lowest BCUT2D eigenvalue weighted by molar-refractivity contribution is 0.0606. The molecule has 5 rings (SSSR count). The third-order valence-electron chi connectivity index (χ3n) is 6.43. The van der Waals surface area contributed by atoms with Crippen LogP contribution in [0.15, 0.2) is 71.9 Å². The van der Waals surface area contributed by atoms with Crippen LogP contribution in [-0.4, -0.2) is 53.9 Å². The van der Waals surface area contributed by atoms with Gasteiger partial charge in [0.25, 0.3) is 0 Å². The fourth-order valence-corrected chi connectivity index (χ4v) is 6.83. The number of likely N-dealkylation sites (tertiary alicyclic amines) is 1. The topological polar surface area (TPSA) is 79.8 Å². The zero-order valence-electron chi connectivity index (χ0n) is 17.6. The van der Waals surface area contributed by atoms with Gasteiger partial charge < -0.3 is 9.64 Å². The average Bonchev–Trinajstić information content (AvgIpc) is 3.28. The van der Waals surface area contributed by atoms with Crippen LogP contribution in [0.25, 0.3) is 10.8 Å². The molecule has 0 saturated carbocycles. The SMILES string of the molecule is O=C(OCc1ccccc1)N1CCCC2C1CCN2S(=O)(=O)c1cccc2cnccc12. The number of pyridine rings is 1. The van der Waals surface area contributed by atoms with Crippen molar-refractivity contribution in [2.75, 3.05) is 13.1 Å². The number of ether oxygens (including phenoxy) is 1. The summed E-state index contributed by atoms with van der Waals surface area (Å²) >= 11 is 0. The van der Waals surface area contributed by atoms with Gasteiger partial charge in [0.05, 0.1) is 10.9 Å². The number of carbonyl (C=O) groups excluding carboxylic acids is 1. The van der Waals surface area contributed by atoms with Crippen molar-refractivity contribution < 1.29 is 17.9 Å². The van der Waals surface area contributed by atoms with E-state index in [1.54, 1.807) is 39.8 Å². The summed E-state index contributed by atoms with van der Waals surface area (Å²) in [6.07, 6.45) is 4.99. The van der Waals surface area contributed by atoms with Crippen molar-refractivity contribution in [3.05, 3.63) is 72.6 Å². The minimum absolute atomic E-state index is 0.168. The fraction of sp³-hybridized carbons (Fsp3) is 0.333. The molecule has 1 amide bonds. The van der Waals surface area contributed by atoms with Gasteiger partial charge in [-0.1, -0.05) is 42.5 Å². The summed E-state index contributed by atoms with van der Waals surface area (Å²) in [7, 11) is -3.71. The Morgan fingerprint density at radius 2 is 1.84 bits per heavy atom. The lowest BCUT2D eigenvalue weighted by atomic mass is 9.98. The van der Waals surface area contributed by atoms with Gasteiger partial charge in [-0.3, -0.25) is 4.98 Å². The molecule has 32 heavy (non-hydrogen) atoms. The summed E-state index contributed by atoms with van der Waals surface area (Å²) in [6, 6.07) is 16.1. The number of sulfonamides is 1. The zero-order chi connectivity index (χ0) is 22.1. The molecule has 7 nitrogen and oxygen atoms in total. The third kappa shape index (κ3) is 3.73. The molecule has 0 N–H and O–H groups in total. The number of piperidine rings is 1. The van der Waals surface area contributed by atoms with Gasteiger partial charge in [-0.25, -0.2) is 13.2 Å². The highest BCUT2D eigenvalue weighted by molar-refractivity contribution is 7.89. The third-order valence-corrected chi connectivity index (χ3v) is 8.41. The maximum atomic E-state index is 13.7. The standard InChI is InChI=1S/C24H25N3O4S/c28-24(31-17-18-6-2-1-3-7-18)26-14-5-9-22-21(26)12-15-27(22)32(29,30)23-10-4-8-19-16-25-13-11-20(19)23/h1-4,6-8,10-11,13,16,21-22H,5,9,12,14-15,17H2. The minimum Gasteiger partial charge on any atom is -0.445 e. The molecule has 2 atom stereocenters. The number of aromatic nitrogens is 1. The fourth-order valence-electron chi connectivity index (χ4n) is 4.92. The molecule has 2 aliphatic heterocycles. The van der Waals surface area contributed by atoms with Crippen molar-refractivity contribution in [2.24, 2.45) is 0 Å². The van der Waals surface area contributed by atoms with Crippen LogP contribution in [0.4, 0.5) is 4.79 Å². The number of hydrogen-bond donors (Lipinski definition) is 0. The van der Waals surface area contributed by atoms with E-state index in [4.69, 9.17) is 4.74 Å². The van der Waals surface area contributed by atoms with Gasteiger partial charge in [-0.2, -0.15) is 4.31 Å². The maximum Gasteiger partial charge on any atom is 0.410 e. The molecule has 1 aromatic heterocycles. The van der Waals surface area contributed by atoms with E-state index in [1.165, 1.54) is 0 Å². The molecule has 2 fully saturated rings. The summed E-state index contributed by atoms with van der Waals surface area (Å²) in [5.74, 6) is 0. The first-order valence-electron chi connectivity index (χ1n) is 10.9. The van der Waals surface area contributed by atoms with Crippen molar-refractivity contribution in [3.63, 3.8) is 0 Å². The van der Waals surface area contributed by atoms with Crippen LogP contribution in [0.5, 0.6) is 0 Å². The lowest BCUT2D eigenvalue weighted by Crippen LogP contribution is -2.52. The van der Waals surface area contributed by atoms with Crippen LogP contribution in [0.1, 0.15) is 24.8 Å². The zero-order valence-corrected chi connectivity index (χ0v) is 18.4. The van der Waals surface area contributed by atoms with Crippen molar-refractivity contribution in [2.45, 2.75) is 42.8 Å². The van der Waals surface area contributed by atoms with Crippen LogP contribution < -0.4 is 0 Å². The second-order valence-electron chi connectivity index (χ2n) is 8.27. The molecular formula is C24H25N3O4S. The molecule has 3 heterocycles. The molecule has 2 unspecified atom stereocenters. The van der Waals surface area contributed by atoms with Crippen molar-refractivity contribution >= 4 is 26.9 Å². The van der Waals surface area contributed by atoms with Gasteiger partial charge >= 0.3 is 6.09 Å². The quantitative estimate of drug-likeness (QED) is 0.603. The van der Waals surface area contributed by atoms with E-state index in [2.05, 4.69) is 4.98 Å². The van der Waals surface area contributed by atoms with Gasteiger partial charge in [-0.15, -0.1) is 0 Å². The molecule has 2 saturated heterocycles. The number of hydrogen-bond acceptors (Lipinski definition) is 5. The Morgan fingerprint density at radius 1 is 1.00 bits per heavy atom. The summed E-state index contributed by atoms with van der Waals surface area (Å²) < 4.78 is 34.5. The largest absolute Gasteiger partial charge is 0.445 e. The van der Waals surface area contributed by atoms with Crippen LogP contribution >= 0.6 is 0 Å². The average molecular weight is 452 g/mol. The van der Waals surface area contributed by atoms with E-state index < -0.39 is 10.0 Å². The molecule has 3 aromatic rings. The van der Waals surface area contributed by atoms with Gasteiger partial charge in [0.15, 0.2) is 0 Å². The van der Waals surface area contributed by atoms with Gasteiger partial charge in [0.2, 0.25) is 10.0 Å². The Kier molecular flexibility index (Phi) is 5.57.